The molecule has 0 radical (unpaired) electrons. The molecule has 0 aromatic rings. The molecule has 0 saturated carbocycles. The molecule has 0 unspecified atom stereocenters. The van der Waals surface area contributed by atoms with Gasteiger partial charge in [0, 0.05) is 0 Å². The van der Waals surface area contributed by atoms with Gasteiger partial charge >= 0.3 is 6.09 Å². The van der Waals surface area contributed by atoms with Crippen LogP contribution in [0.25, 0.3) is 0 Å². The van der Waals surface area contributed by atoms with E-state index in [0.29, 0.717) is 19.7 Å². The second-order valence-electron chi connectivity index (χ2n) is 5.66. The molecule has 0 aromatic heterocycles. The second kappa shape index (κ2) is 3.87. The molecular weight excluding hydrogens is 224 g/mol. The van der Waals surface area contributed by atoms with Crippen molar-refractivity contribution in [2.75, 3.05) is 26.3 Å². The molecule has 2 saturated heterocycles. The third-order valence-corrected chi connectivity index (χ3v) is 2.65. The summed E-state index contributed by atoms with van der Waals surface area (Å²) in [6.45, 7) is 6.94. The minimum Gasteiger partial charge on any atom is -0.444 e. The SMILES string of the molecule is CC(C)(C)OC(=O)N1CC2(COCC(=O)N2)C1. The molecule has 1 spiro atoms. The molecule has 2 amide bonds. The number of hydrogen-bond acceptors (Lipinski definition) is 4. The quantitative estimate of drug-likeness (QED) is 0.655. The van der Waals surface area contributed by atoms with Crippen molar-refractivity contribution >= 4 is 12.0 Å². The lowest BCUT2D eigenvalue weighted by atomic mass is 9.90. The Morgan fingerprint density at radius 1 is 1.47 bits per heavy atom. The normalized spacial score (nSPS) is 23.0. The molecule has 2 aliphatic heterocycles. The number of carbonyl (C=O) groups excluding carboxylic acids is 2. The summed E-state index contributed by atoms with van der Waals surface area (Å²) in [5, 5.41) is 2.86. The Hall–Kier alpha value is -1.30. The van der Waals surface area contributed by atoms with Gasteiger partial charge in [-0.15, -0.1) is 0 Å². The number of carbonyl (C=O) groups is 2. The fraction of sp³-hybridized carbons (Fsp3) is 0.818. The summed E-state index contributed by atoms with van der Waals surface area (Å²) in [6, 6.07) is 0. The zero-order chi connectivity index (χ0) is 12.7. The largest absolute Gasteiger partial charge is 0.444 e. The number of ether oxygens (including phenoxy) is 2. The first kappa shape index (κ1) is 12.2. The van der Waals surface area contributed by atoms with Gasteiger partial charge in [-0.1, -0.05) is 0 Å². The summed E-state index contributed by atoms with van der Waals surface area (Å²) in [7, 11) is 0. The topological polar surface area (TPSA) is 67.9 Å². The lowest BCUT2D eigenvalue weighted by molar-refractivity contribution is -0.142. The van der Waals surface area contributed by atoms with Crippen LogP contribution < -0.4 is 5.32 Å². The number of morpholine rings is 1. The Morgan fingerprint density at radius 2 is 2.12 bits per heavy atom. The van der Waals surface area contributed by atoms with Gasteiger partial charge in [-0.3, -0.25) is 4.79 Å². The van der Waals surface area contributed by atoms with Crippen molar-refractivity contribution in [2.45, 2.75) is 31.9 Å². The van der Waals surface area contributed by atoms with Crippen molar-refractivity contribution in [3.8, 4) is 0 Å². The fourth-order valence-corrected chi connectivity index (χ4v) is 2.02. The predicted molar refractivity (Wildman–Crippen MR) is 59.5 cm³/mol. The highest BCUT2D eigenvalue weighted by Crippen LogP contribution is 2.25. The molecule has 17 heavy (non-hydrogen) atoms. The van der Waals surface area contributed by atoms with Crippen LogP contribution in [0.4, 0.5) is 4.79 Å². The van der Waals surface area contributed by atoms with Crippen LogP contribution in [0.3, 0.4) is 0 Å². The summed E-state index contributed by atoms with van der Waals surface area (Å²) in [5.74, 6) is -0.125. The molecule has 1 N–H and O–H groups in total. The minimum absolute atomic E-state index is 0.105. The Bertz CT molecular complexity index is 342. The highest BCUT2D eigenvalue weighted by Gasteiger charge is 2.49. The molecule has 2 aliphatic rings. The summed E-state index contributed by atoms with van der Waals surface area (Å²) in [5.41, 5.74) is -0.890. The Balaban J connectivity index is 1.85. The number of nitrogens with one attached hydrogen (secondary N) is 1. The summed E-state index contributed by atoms with van der Waals surface area (Å²) >= 11 is 0. The highest BCUT2D eigenvalue weighted by atomic mass is 16.6. The van der Waals surface area contributed by atoms with Crippen LogP contribution >= 0.6 is 0 Å². The van der Waals surface area contributed by atoms with E-state index in [1.165, 1.54) is 0 Å². The Morgan fingerprint density at radius 3 is 2.65 bits per heavy atom. The van der Waals surface area contributed by atoms with Crippen LogP contribution in [0.2, 0.25) is 0 Å². The average molecular weight is 242 g/mol. The second-order valence-corrected chi connectivity index (χ2v) is 5.66. The van der Waals surface area contributed by atoms with Crippen LogP contribution in [-0.4, -0.2) is 54.3 Å². The lowest BCUT2D eigenvalue weighted by Crippen LogP contribution is -2.75. The van der Waals surface area contributed by atoms with E-state index in [0.717, 1.165) is 0 Å². The standard InChI is InChI=1S/C11H18N2O4/c1-10(2,3)17-9(15)13-5-11(6-13)7-16-4-8(14)12-11/h4-7H2,1-3H3,(H,12,14). The first-order valence-corrected chi connectivity index (χ1v) is 5.66. The molecule has 2 heterocycles. The van der Waals surface area contributed by atoms with Gasteiger partial charge in [-0.05, 0) is 20.8 Å². The van der Waals surface area contributed by atoms with Gasteiger partial charge in [-0.25, -0.2) is 4.79 Å². The molecule has 2 rings (SSSR count). The van der Waals surface area contributed by atoms with Crippen LogP contribution in [0.15, 0.2) is 0 Å². The zero-order valence-corrected chi connectivity index (χ0v) is 10.4. The molecular formula is C11H18N2O4. The number of rotatable bonds is 0. The van der Waals surface area contributed by atoms with Gasteiger partial charge in [-0.2, -0.15) is 0 Å². The fourth-order valence-electron chi connectivity index (χ4n) is 2.02. The van der Waals surface area contributed by atoms with E-state index in [-0.39, 0.29) is 18.6 Å². The maximum Gasteiger partial charge on any atom is 0.410 e. The van der Waals surface area contributed by atoms with Crippen molar-refractivity contribution in [3.05, 3.63) is 0 Å². The number of nitrogens with zero attached hydrogens (tertiary/aromatic N) is 1. The smallest absolute Gasteiger partial charge is 0.410 e. The first-order chi connectivity index (χ1) is 7.80. The van der Waals surface area contributed by atoms with Crippen molar-refractivity contribution in [2.24, 2.45) is 0 Å². The van der Waals surface area contributed by atoms with E-state index in [1.54, 1.807) is 4.90 Å². The average Bonchev–Trinajstić information content (AvgIpc) is 2.10. The predicted octanol–water partition coefficient (Wildman–Crippen LogP) is 0.122. The maximum absolute atomic E-state index is 11.7. The number of hydrogen-bond donors (Lipinski definition) is 1. The van der Waals surface area contributed by atoms with Gasteiger partial charge < -0.3 is 19.7 Å². The van der Waals surface area contributed by atoms with Gasteiger partial charge in [0.05, 0.1) is 25.2 Å². The number of likely N-dealkylation sites (tertiary alicyclic amines) is 1. The van der Waals surface area contributed by atoms with E-state index >= 15 is 0 Å². The molecule has 0 bridgehead atoms. The molecule has 96 valence electrons. The van der Waals surface area contributed by atoms with Crippen LogP contribution in [0.1, 0.15) is 20.8 Å². The Kier molecular flexibility index (Phi) is 2.77. The molecule has 2 fully saturated rings. The van der Waals surface area contributed by atoms with Gasteiger partial charge in [0.25, 0.3) is 0 Å². The number of amides is 2. The van der Waals surface area contributed by atoms with Crippen molar-refractivity contribution in [1.82, 2.24) is 10.2 Å². The van der Waals surface area contributed by atoms with Crippen LogP contribution in [0, 0.1) is 0 Å². The van der Waals surface area contributed by atoms with Crippen LogP contribution in [0.5, 0.6) is 0 Å². The van der Waals surface area contributed by atoms with Crippen molar-refractivity contribution in [1.29, 1.82) is 0 Å². The highest BCUT2D eigenvalue weighted by molar-refractivity contribution is 5.80. The monoisotopic (exact) mass is 242 g/mol. The zero-order valence-electron chi connectivity index (χ0n) is 10.4. The van der Waals surface area contributed by atoms with E-state index in [4.69, 9.17) is 9.47 Å². The third kappa shape index (κ3) is 2.69. The lowest BCUT2D eigenvalue weighted by Gasteiger charge is -2.51. The molecule has 0 aromatic carbocycles. The summed E-state index contributed by atoms with van der Waals surface area (Å²) in [4.78, 5) is 24.5. The molecule has 6 nitrogen and oxygen atoms in total. The van der Waals surface area contributed by atoms with E-state index in [9.17, 15) is 9.59 Å². The molecule has 0 atom stereocenters. The summed E-state index contributed by atoms with van der Waals surface area (Å²) in [6.07, 6.45) is -0.344. The van der Waals surface area contributed by atoms with Gasteiger partial charge in [0.15, 0.2) is 0 Å². The first-order valence-electron chi connectivity index (χ1n) is 5.66. The van der Waals surface area contributed by atoms with Crippen LogP contribution in [-0.2, 0) is 14.3 Å². The summed E-state index contributed by atoms with van der Waals surface area (Å²) < 4.78 is 10.4. The van der Waals surface area contributed by atoms with E-state index < -0.39 is 11.1 Å². The maximum atomic E-state index is 11.7. The molecule has 6 heteroatoms. The van der Waals surface area contributed by atoms with Crippen molar-refractivity contribution in [3.63, 3.8) is 0 Å². The minimum atomic E-state index is -0.494. The molecule has 0 aliphatic carbocycles. The van der Waals surface area contributed by atoms with E-state index in [1.807, 2.05) is 20.8 Å². The third-order valence-electron chi connectivity index (χ3n) is 2.65. The van der Waals surface area contributed by atoms with Crippen molar-refractivity contribution < 1.29 is 19.1 Å². The van der Waals surface area contributed by atoms with E-state index in [2.05, 4.69) is 5.32 Å². The van der Waals surface area contributed by atoms with Gasteiger partial charge in [0.1, 0.15) is 12.2 Å². The van der Waals surface area contributed by atoms with Gasteiger partial charge in [0.2, 0.25) is 5.91 Å². The Labute approximate surface area is 100 Å².